The zero-order valence-electron chi connectivity index (χ0n) is 9.36. The Hall–Kier alpha value is -1.78. The molecule has 0 spiro atoms. The number of hydrogen-bond acceptors (Lipinski definition) is 2. The average Bonchev–Trinajstić information content (AvgIpc) is 2.30. The van der Waals surface area contributed by atoms with Crippen LogP contribution >= 0.6 is 23.2 Å². The van der Waals surface area contributed by atoms with Crippen LogP contribution in [0.3, 0.4) is 0 Å². The SMILES string of the molecule is O=C(O)c1cc(F)ccc1Oc1cc(Cl)cc(Cl)c1. The van der Waals surface area contributed by atoms with Gasteiger partial charge in [-0.2, -0.15) is 0 Å². The predicted molar refractivity (Wildman–Crippen MR) is 69.9 cm³/mol. The summed E-state index contributed by atoms with van der Waals surface area (Å²) in [5.74, 6) is -1.67. The van der Waals surface area contributed by atoms with Crippen LogP contribution in [0.15, 0.2) is 36.4 Å². The van der Waals surface area contributed by atoms with Gasteiger partial charge in [0.15, 0.2) is 0 Å². The van der Waals surface area contributed by atoms with E-state index in [-0.39, 0.29) is 17.1 Å². The van der Waals surface area contributed by atoms with Gasteiger partial charge in [0.2, 0.25) is 0 Å². The van der Waals surface area contributed by atoms with Crippen molar-refractivity contribution in [3.63, 3.8) is 0 Å². The Bertz CT molecular complexity index is 624. The van der Waals surface area contributed by atoms with Gasteiger partial charge in [0, 0.05) is 10.0 Å². The largest absolute Gasteiger partial charge is 0.478 e. The molecule has 0 heterocycles. The fraction of sp³-hybridized carbons (Fsp3) is 0. The van der Waals surface area contributed by atoms with Crippen molar-refractivity contribution in [2.24, 2.45) is 0 Å². The number of hydrogen-bond donors (Lipinski definition) is 1. The van der Waals surface area contributed by atoms with E-state index in [1.54, 1.807) is 0 Å². The summed E-state index contributed by atoms with van der Waals surface area (Å²) >= 11 is 11.6. The summed E-state index contributed by atoms with van der Waals surface area (Å²) in [6.45, 7) is 0. The van der Waals surface area contributed by atoms with Crippen LogP contribution < -0.4 is 4.74 Å². The van der Waals surface area contributed by atoms with Gasteiger partial charge in [-0.05, 0) is 36.4 Å². The third kappa shape index (κ3) is 3.36. The first-order valence-corrected chi connectivity index (χ1v) is 5.88. The van der Waals surface area contributed by atoms with Gasteiger partial charge < -0.3 is 9.84 Å². The van der Waals surface area contributed by atoms with Gasteiger partial charge in [-0.25, -0.2) is 9.18 Å². The Morgan fingerprint density at radius 3 is 2.32 bits per heavy atom. The molecule has 0 aliphatic heterocycles. The lowest BCUT2D eigenvalue weighted by atomic mass is 10.2. The summed E-state index contributed by atoms with van der Waals surface area (Å²) < 4.78 is 18.4. The van der Waals surface area contributed by atoms with Crippen molar-refractivity contribution in [3.05, 3.63) is 57.8 Å². The van der Waals surface area contributed by atoms with Crippen LogP contribution in [0.5, 0.6) is 11.5 Å². The van der Waals surface area contributed by atoms with Crippen LogP contribution in [0.25, 0.3) is 0 Å². The van der Waals surface area contributed by atoms with Gasteiger partial charge in [0.05, 0.1) is 0 Å². The van der Waals surface area contributed by atoms with Crippen LogP contribution in [0.2, 0.25) is 10.0 Å². The minimum absolute atomic E-state index is 0.00670. The average molecular weight is 301 g/mol. The molecule has 0 radical (unpaired) electrons. The maximum absolute atomic E-state index is 13.0. The Morgan fingerprint density at radius 1 is 1.11 bits per heavy atom. The lowest BCUT2D eigenvalue weighted by Crippen LogP contribution is -2.00. The Morgan fingerprint density at radius 2 is 1.74 bits per heavy atom. The quantitative estimate of drug-likeness (QED) is 0.899. The molecule has 2 aromatic rings. The zero-order valence-corrected chi connectivity index (χ0v) is 10.9. The van der Waals surface area contributed by atoms with Crippen molar-refractivity contribution >= 4 is 29.2 Å². The van der Waals surface area contributed by atoms with E-state index >= 15 is 0 Å². The fourth-order valence-electron chi connectivity index (χ4n) is 1.47. The number of halogens is 3. The van der Waals surface area contributed by atoms with E-state index < -0.39 is 11.8 Å². The van der Waals surface area contributed by atoms with Crippen LogP contribution in [-0.4, -0.2) is 11.1 Å². The summed E-state index contributed by atoms with van der Waals surface area (Å²) in [4.78, 5) is 11.0. The molecule has 0 bridgehead atoms. The van der Waals surface area contributed by atoms with Crippen LogP contribution in [-0.2, 0) is 0 Å². The van der Waals surface area contributed by atoms with Gasteiger partial charge in [0.1, 0.15) is 22.9 Å². The van der Waals surface area contributed by atoms with Gasteiger partial charge in [0.25, 0.3) is 0 Å². The maximum Gasteiger partial charge on any atom is 0.339 e. The number of carbonyl (C=O) groups is 1. The van der Waals surface area contributed by atoms with Crippen molar-refractivity contribution in [2.45, 2.75) is 0 Å². The van der Waals surface area contributed by atoms with Crippen LogP contribution in [0.1, 0.15) is 10.4 Å². The molecule has 19 heavy (non-hydrogen) atoms. The molecule has 6 heteroatoms. The summed E-state index contributed by atoms with van der Waals surface area (Å²) in [7, 11) is 0. The van der Waals surface area contributed by atoms with E-state index in [0.29, 0.717) is 10.0 Å². The van der Waals surface area contributed by atoms with E-state index in [4.69, 9.17) is 33.0 Å². The van der Waals surface area contributed by atoms with Crippen molar-refractivity contribution < 1.29 is 19.0 Å². The molecule has 0 aliphatic carbocycles. The third-order valence-electron chi connectivity index (χ3n) is 2.24. The topological polar surface area (TPSA) is 46.5 Å². The molecule has 0 aliphatic rings. The lowest BCUT2D eigenvalue weighted by molar-refractivity contribution is 0.0693. The fourth-order valence-corrected chi connectivity index (χ4v) is 1.98. The monoisotopic (exact) mass is 300 g/mol. The molecule has 98 valence electrons. The Labute approximate surface area is 118 Å². The molecular formula is C13H7Cl2FO3. The number of benzene rings is 2. The van der Waals surface area contributed by atoms with Gasteiger partial charge in [-0.3, -0.25) is 0 Å². The first-order chi connectivity index (χ1) is 8.95. The minimum Gasteiger partial charge on any atom is -0.478 e. The van der Waals surface area contributed by atoms with E-state index in [2.05, 4.69) is 0 Å². The Balaban J connectivity index is 2.40. The molecular weight excluding hydrogens is 294 g/mol. The van der Waals surface area contributed by atoms with Crippen molar-refractivity contribution in [1.29, 1.82) is 0 Å². The number of carboxylic acids is 1. The third-order valence-corrected chi connectivity index (χ3v) is 2.67. The summed E-state index contributed by atoms with van der Waals surface area (Å²) in [6, 6.07) is 7.68. The lowest BCUT2D eigenvalue weighted by Gasteiger charge is -2.09. The highest BCUT2D eigenvalue weighted by molar-refractivity contribution is 6.34. The highest BCUT2D eigenvalue weighted by atomic mass is 35.5. The molecule has 0 atom stereocenters. The molecule has 0 fully saturated rings. The van der Waals surface area contributed by atoms with Crippen molar-refractivity contribution in [2.75, 3.05) is 0 Å². The van der Waals surface area contributed by atoms with Crippen LogP contribution in [0.4, 0.5) is 4.39 Å². The first-order valence-electron chi connectivity index (χ1n) is 5.12. The molecule has 0 unspecified atom stereocenters. The first kappa shape index (κ1) is 13.6. The second kappa shape index (κ2) is 5.47. The Kier molecular flexibility index (Phi) is 3.93. The second-order valence-electron chi connectivity index (χ2n) is 3.65. The molecule has 0 aromatic heterocycles. The zero-order chi connectivity index (χ0) is 14.0. The smallest absolute Gasteiger partial charge is 0.339 e. The minimum atomic E-state index is -1.29. The molecule has 3 nitrogen and oxygen atoms in total. The van der Waals surface area contributed by atoms with E-state index in [1.807, 2.05) is 0 Å². The summed E-state index contributed by atoms with van der Waals surface area (Å²) in [5, 5.41) is 9.68. The van der Waals surface area contributed by atoms with Gasteiger partial charge in [-0.1, -0.05) is 23.2 Å². The van der Waals surface area contributed by atoms with Gasteiger partial charge >= 0.3 is 5.97 Å². The molecule has 1 N–H and O–H groups in total. The molecule has 2 aromatic carbocycles. The number of aromatic carboxylic acids is 1. The standard InChI is InChI=1S/C13H7Cl2FO3/c14-7-3-8(15)5-10(4-7)19-12-2-1-9(16)6-11(12)13(17)18/h1-6H,(H,17,18). The molecule has 0 saturated heterocycles. The molecule has 0 amide bonds. The predicted octanol–water partition coefficient (Wildman–Crippen LogP) is 4.62. The summed E-state index contributed by atoms with van der Waals surface area (Å²) in [6.07, 6.45) is 0. The molecule has 2 rings (SSSR count). The van der Waals surface area contributed by atoms with Gasteiger partial charge in [-0.15, -0.1) is 0 Å². The highest BCUT2D eigenvalue weighted by Gasteiger charge is 2.13. The normalized spacial score (nSPS) is 10.3. The van der Waals surface area contributed by atoms with Crippen molar-refractivity contribution in [3.8, 4) is 11.5 Å². The van der Waals surface area contributed by atoms with E-state index in [1.165, 1.54) is 24.3 Å². The number of carboxylic acid groups (broad SMARTS) is 1. The van der Waals surface area contributed by atoms with E-state index in [9.17, 15) is 9.18 Å². The molecule has 0 saturated carbocycles. The highest BCUT2D eigenvalue weighted by Crippen LogP contribution is 2.30. The number of ether oxygens (including phenoxy) is 1. The second-order valence-corrected chi connectivity index (χ2v) is 4.53. The maximum atomic E-state index is 13.0. The summed E-state index contributed by atoms with van der Waals surface area (Å²) in [5.41, 5.74) is -0.281. The van der Waals surface area contributed by atoms with Crippen molar-refractivity contribution in [1.82, 2.24) is 0 Å². The van der Waals surface area contributed by atoms with Crippen LogP contribution in [0, 0.1) is 5.82 Å². The van der Waals surface area contributed by atoms with E-state index in [0.717, 1.165) is 12.1 Å². The number of rotatable bonds is 3.